The minimum Gasteiger partial charge on any atom is -0.489 e. The van der Waals surface area contributed by atoms with Crippen LogP contribution in [0.25, 0.3) is 0 Å². The van der Waals surface area contributed by atoms with E-state index < -0.39 is 0 Å². The van der Waals surface area contributed by atoms with Gasteiger partial charge in [-0.15, -0.1) is 0 Å². The molecule has 1 N–H and O–H groups in total. The molecular formula is C11H14N2O2. The average molecular weight is 206 g/mol. The number of aryl methyl sites for hydroxylation is 1. The zero-order valence-electron chi connectivity index (χ0n) is 8.91. The van der Waals surface area contributed by atoms with Crippen molar-refractivity contribution in [3.63, 3.8) is 0 Å². The summed E-state index contributed by atoms with van der Waals surface area (Å²) in [5, 5.41) is 2.56. The summed E-state index contributed by atoms with van der Waals surface area (Å²) in [5.74, 6) is 0.585. The third kappa shape index (κ3) is 2.26. The lowest BCUT2D eigenvalue weighted by Gasteiger charge is -2.08. The molecule has 0 aromatic carbocycles. The predicted octanol–water partition coefficient (Wildman–Crippen LogP) is 1.29. The molecule has 0 unspecified atom stereocenters. The van der Waals surface area contributed by atoms with Gasteiger partial charge in [0.15, 0.2) is 0 Å². The van der Waals surface area contributed by atoms with E-state index in [1.165, 1.54) is 0 Å². The summed E-state index contributed by atoms with van der Waals surface area (Å²) >= 11 is 0. The van der Waals surface area contributed by atoms with Gasteiger partial charge in [0.1, 0.15) is 5.75 Å². The minimum absolute atomic E-state index is 0.136. The van der Waals surface area contributed by atoms with Gasteiger partial charge in [-0.3, -0.25) is 9.78 Å². The van der Waals surface area contributed by atoms with Crippen LogP contribution in [-0.2, 0) is 0 Å². The molecule has 4 nitrogen and oxygen atoms in total. The van der Waals surface area contributed by atoms with Crippen molar-refractivity contribution in [1.82, 2.24) is 10.3 Å². The second-order valence-corrected chi connectivity index (χ2v) is 3.70. The van der Waals surface area contributed by atoms with Gasteiger partial charge in [0, 0.05) is 13.2 Å². The van der Waals surface area contributed by atoms with Crippen LogP contribution in [0.2, 0.25) is 0 Å². The second kappa shape index (κ2) is 3.88. The molecule has 0 bridgehead atoms. The Hall–Kier alpha value is -1.58. The molecule has 1 aromatic rings. The number of rotatable bonds is 3. The molecule has 1 aliphatic carbocycles. The highest BCUT2D eigenvalue weighted by atomic mass is 16.5. The first kappa shape index (κ1) is 9.96. The zero-order chi connectivity index (χ0) is 10.8. The number of pyridine rings is 1. The van der Waals surface area contributed by atoms with E-state index in [4.69, 9.17) is 4.74 Å². The maximum Gasteiger partial charge on any atom is 0.252 e. The van der Waals surface area contributed by atoms with Crippen molar-refractivity contribution in [2.45, 2.75) is 25.9 Å². The number of ether oxygens (including phenoxy) is 1. The van der Waals surface area contributed by atoms with Gasteiger partial charge in [-0.2, -0.15) is 0 Å². The number of carbonyl (C=O) groups excluding carboxylic acids is 1. The van der Waals surface area contributed by atoms with Crippen molar-refractivity contribution >= 4 is 5.91 Å². The number of nitrogens with zero attached hydrogens (tertiary/aromatic N) is 1. The zero-order valence-corrected chi connectivity index (χ0v) is 8.91. The molecule has 0 saturated heterocycles. The minimum atomic E-state index is -0.136. The van der Waals surface area contributed by atoms with Crippen LogP contribution in [0.4, 0.5) is 0 Å². The Kier molecular flexibility index (Phi) is 2.58. The third-order valence-corrected chi connectivity index (χ3v) is 2.35. The summed E-state index contributed by atoms with van der Waals surface area (Å²) in [6.07, 6.45) is 4.09. The normalized spacial score (nSPS) is 14.8. The highest BCUT2D eigenvalue weighted by molar-refractivity contribution is 5.94. The smallest absolute Gasteiger partial charge is 0.252 e. The van der Waals surface area contributed by atoms with Crippen LogP contribution in [-0.4, -0.2) is 24.0 Å². The maximum absolute atomic E-state index is 11.4. The lowest BCUT2D eigenvalue weighted by atomic mass is 10.2. The van der Waals surface area contributed by atoms with Gasteiger partial charge in [-0.05, 0) is 25.8 Å². The summed E-state index contributed by atoms with van der Waals surface area (Å²) in [5.41, 5.74) is 1.37. The van der Waals surface area contributed by atoms with Crippen molar-refractivity contribution in [3.05, 3.63) is 23.5 Å². The van der Waals surface area contributed by atoms with Crippen molar-refractivity contribution < 1.29 is 9.53 Å². The second-order valence-electron chi connectivity index (χ2n) is 3.70. The van der Waals surface area contributed by atoms with E-state index in [1.54, 1.807) is 19.3 Å². The van der Waals surface area contributed by atoms with Gasteiger partial charge in [-0.25, -0.2) is 0 Å². The van der Waals surface area contributed by atoms with E-state index >= 15 is 0 Å². The van der Waals surface area contributed by atoms with Crippen LogP contribution in [0.15, 0.2) is 12.3 Å². The van der Waals surface area contributed by atoms with Gasteiger partial charge >= 0.3 is 0 Å². The fraction of sp³-hybridized carbons (Fsp3) is 0.455. The summed E-state index contributed by atoms with van der Waals surface area (Å²) in [7, 11) is 1.60. The summed E-state index contributed by atoms with van der Waals surface area (Å²) in [6, 6.07) is 1.75. The van der Waals surface area contributed by atoms with E-state index in [-0.39, 0.29) is 5.91 Å². The quantitative estimate of drug-likeness (QED) is 0.810. The molecule has 0 aliphatic heterocycles. The van der Waals surface area contributed by atoms with Gasteiger partial charge in [0.25, 0.3) is 5.91 Å². The molecule has 1 saturated carbocycles. The highest BCUT2D eigenvalue weighted by Gasteiger charge is 2.24. The third-order valence-electron chi connectivity index (χ3n) is 2.35. The van der Waals surface area contributed by atoms with Gasteiger partial charge in [0.2, 0.25) is 0 Å². The molecule has 1 heterocycles. The van der Waals surface area contributed by atoms with Crippen LogP contribution in [0.5, 0.6) is 5.75 Å². The Morgan fingerprint density at radius 2 is 2.33 bits per heavy atom. The monoisotopic (exact) mass is 206 g/mol. The van der Waals surface area contributed by atoms with Crippen LogP contribution in [0.3, 0.4) is 0 Å². The molecule has 0 radical (unpaired) electrons. The Morgan fingerprint density at radius 1 is 1.60 bits per heavy atom. The van der Waals surface area contributed by atoms with E-state index in [0.717, 1.165) is 24.3 Å². The van der Waals surface area contributed by atoms with E-state index in [9.17, 15) is 4.79 Å². The van der Waals surface area contributed by atoms with Crippen LogP contribution in [0, 0.1) is 6.92 Å². The SMILES string of the molecule is CNC(=O)c1cnc(C)c(OC2CC2)c1. The number of nitrogens with one attached hydrogen (secondary N) is 1. The number of hydrogen-bond donors (Lipinski definition) is 1. The van der Waals surface area contributed by atoms with E-state index in [1.807, 2.05) is 6.92 Å². The molecule has 0 atom stereocenters. The average Bonchev–Trinajstić information content (AvgIpc) is 3.04. The van der Waals surface area contributed by atoms with Crippen molar-refractivity contribution in [3.8, 4) is 5.75 Å². The Morgan fingerprint density at radius 3 is 2.93 bits per heavy atom. The molecular weight excluding hydrogens is 192 g/mol. The van der Waals surface area contributed by atoms with Gasteiger partial charge in [0.05, 0.1) is 17.4 Å². The molecule has 2 rings (SSSR count). The Bertz CT molecular complexity index is 386. The summed E-state index contributed by atoms with van der Waals surface area (Å²) in [4.78, 5) is 15.5. The number of amides is 1. The summed E-state index contributed by atoms with van der Waals surface area (Å²) < 4.78 is 5.65. The Balaban J connectivity index is 2.22. The lowest BCUT2D eigenvalue weighted by molar-refractivity contribution is 0.0962. The molecule has 0 spiro atoms. The van der Waals surface area contributed by atoms with E-state index in [0.29, 0.717) is 11.7 Å². The molecule has 15 heavy (non-hydrogen) atoms. The van der Waals surface area contributed by atoms with Crippen LogP contribution < -0.4 is 10.1 Å². The molecule has 1 aromatic heterocycles. The van der Waals surface area contributed by atoms with E-state index in [2.05, 4.69) is 10.3 Å². The van der Waals surface area contributed by atoms with Crippen molar-refractivity contribution in [1.29, 1.82) is 0 Å². The molecule has 1 aliphatic rings. The largest absolute Gasteiger partial charge is 0.489 e. The first-order valence-corrected chi connectivity index (χ1v) is 5.06. The highest BCUT2D eigenvalue weighted by Crippen LogP contribution is 2.28. The van der Waals surface area contributed by atoms with Gasteiger partial charge < -0.3 is 10.1 Å². The standard InChI is InChI=1S/C11H14N2O2/c1-7-10(15-9-3-4-9)5-8(6-13-7)11(14)12-2/h5-6,9H,3-4H2,1-2H3,(H,12,14). The number of aromatic nitrogens is 1. The molecule has 4 heteroatoms. The fourth-order valence-corrected chi connectivity index (χ4v) is 1.27. The first-order valence-electron chi connectivity index (χ1n) is 5.06. The van der Waals surface area contributed by atoms with Crippen LogP contribution >= 0.6 is 0 Å². The molecule has 80 valence electrons. The van der Waals surface area contributed by atoms with Crippen LogP contribution in [0.1, 0.15) is 28.9 Å². The summed E-state index contributed by atoms with van der Waals surface area (Å²) in [6.45, 7) is 1.88. The van der Waals surface area contributed by atoms with Gasteiger partial charge in [-0.1, -0.05) is 0 Å². The molecule has 1 fully saturated rings. The predicted molar refractivity (Wildman–Crippen MR) is 56.0 cm³/mol. The molecule has 1 amide bonds. The maximum atomic E-state index is 11.4. The fourth-order valence-electron chi connectivity index (χ4n) is 1.27. The van der Waals surface area contributed by atoms with Crippen molar-refractivity contribution in [2.75, 3.05) is 7.05 Å². The Labute approximate surface area is 88.7 Å². The number of carbonyl (C=O) groups is 1. The number of hydrogen-bond acceptors (Lipinski definition) is 3. The van der Waals surface area contributed by atoms with Crippen molar-refractivity contribution in [2.24, 2.45) is 0 Å². The first-order chi connectivity index (χ1) is 7.20. The topological polar surface area (TPSA) is 51.2 Å². The lowest BCUT2D eigenvalue weighted by Crippen LogP contribution is -2.18.